The van der Waals surface area contributed by atoms with Gasteiger partial charge in [-0.25, -0.2) is 4.39 Å². The number of benzene rings is 1. The smallest absolute Gasteiger partial charge is 0.305 e. The Bertz CT molecular complexity index is 543. The molecule has 1 saturated carbocycles. The van der Waals surface area contributed by atoms with Crippen LogP contribution in [0, 0.1) is 5.82 Å². The normalized spacial score (nSPS) is 16.3. The lowest BCUT2D eigenvalue weighted by Crippen LogP contribution is -2.55. The molecule has 0 radical (unpaired) electrons. The minimum atomic E-state index is -0.908. The van der Waals surface area contributed by atoms with E-state index in [2.05, 4.69) is 21.2 Å². The van der Waals surface area contributed by atoms with Crippen LogP contribution in [0.15, 0.2) is 22.7 Å². The van der Waals surface area contributed by atoms with Gasteiger partial charge in [0.25, 0.3) is 0 Å². The molecule has 1 aliphatic rings. The van der Waals surface area contributed by atoms with E-state index in [1.54, 1.807) is 12.1 Å². The average Bonchev–Trinajstić information content (AvgIpc) is 2.30. The van der Waals surface area contributed by atoms with Gasteiger partial charge in [0.2, 0.25) is 5.91 Å². The van der Waals surface area contributed by atoms with Crippen molar-refractivity contribution < 1.29 is 19.1 Å². The molecule has 2 rings (SSSR count). The van der Waals surface area contributed by atoms with Crippen molar-refractivity contribution in [3.63, 3.8) is 0 Å². The zero-order valence-electron chi connectivity index (χ0n) is 10.8. The Morgan fingerprint density at radius 3 is 2.60 bits per heavy atom. The van der Waals surface area contributed by atoms with Crippen molar-refractivity contribution in [1.82, 2.24) is 5.32 Å². The second-order valence-corrected chi connectivity index (χ2v) is 6.03. The number of hydrogen-bond acceptors (Lipinski definition) is 2. The predicted octanol–water partition coefficient (Wildman–Crippen LogP) is 2.64. The summed E-state index contributed by atoms with van der Waals surface area (Å²) in [5.41, 5.74) is 0.0840. The van der Waals surface area contributed by atoms with Crippen LogP contribution in [-0.4, -0.2) is 22.5 Å². The molecule has 0 unspecified atom stereocenters. The van der Waals surface area contributed by atoms with E-state index in [-0.39, 0.29) is 24.6 Å². The summed E-state index contributed by atoms with van der Waals surface area (Å²) in [5, 5.41) is 11.7. The first-order chi connectivity index (χ1) is 9.40. The number of carboxylic acid groups (broad SMARTS) is 1. The standard InChI is InChI=1S/C14H15BrFNO3/c15-10-6-9(2-3-11(10)16)7-12(18)17-14(4-1-5-14)8-13(19)20/h2-3,6H,1,4-5,7-8H2,(H,17,18)(H,19,20). The summed E-state index contributed by atoms with van der Waals surface area (Å²) >= 11 is 3.07. The molecule has 2 N–H and O–H groups in total. The van der Waals surface area contributed by atoms with E-state index in [1.807, 2.05) is 0 Å². The van der Waals surface area contributed by atoms with Crippen LogP contribution in [0.4, 0.5) is 4.39 Å². The lowest BCUT2D eigenvalue weighted by molar-refractivity contribution is -0.140. The Hall–Kier alpha value is -1.43. The molecule has 6 heteroatoms. The highest BCUT2D eigenvalue weighted by Crippen LogP contribution is 2.35. The summed E-state index contributed by atoms with van der Waals surface area (Å²) in [5.74, 6) is -1.52. The molecule has 1 aliphatic carbocycles. The van der Waals surface area contributed by atoms with Crippen LogP contribution >= 0.6 is 15.9 Å². The van der Waals surface area contributed by atoms with Crippen molar-refractivity contribution >= 4 is 27.8 Å². The zero-order chi connectivity index (χ0) is 14.8. The molecular weight excluding hydrogens is 329 g/mol. The SMILES string of the molecule is O=C(O)CC1(NC(=O)Cc2ccc(F)c(Br)c2)CCC1. The quantitative estimate of drug-likeness (QED) is 0.863. The number of hydrogen-bond donors (Lipinski definition) is 2. The molecule has 0 aliphatic heterocycles. The summed E-state index contributed by atoms with van der Waals surface area (Å²) in [6.07, 6.45) is 2.37. The number of nitrogens with one attached hydrogen (secondary N) is 1. The van der Waals surface area contributed by atoms with Crippen molar-refractivity contribution in [3.05, 3.63) is 34.1 Å². The maximum absolute atomic E-state index is 13.1. The van der Waals surface area contributed by atoms with Crippen LogP contribution in [0.3, 0.4) is 0 Å². The third-order valence-corrected chi connectivity index (χ3v) is 4.16. The lowest BCUT2D eigenvalue weighted by atomic mass is 9.74. The van der Waals surface area contributed by atoms with Gasteiger partial charge >= 0.3 is 5.97 Å². The number of aliphatic carboxylic acids is 1. The van der Waals surface area contributed by atoms with Crippen molar-refractivity contribution in [1.29, 1.82) is 0 Å². The number of carbonyl (C=O) groups excluding carboxylic acids is 1. The van der Waals surface area contributed by atoms with Gasteiger partial charge in [-0.3, -0.25) is 9.59 Å². The Balaban J connectivity index is 1.97. The topological polar surface area (TPSA) is 66.4 Å². The molecule has 4 nitrogen and oxygen atoms in total. The van der Waals surface area contributed by atoms with Crippen LogP contribution in [0.25, 0.3) is 0 Å². The number of amides is 1. The molecule has 1 aromatic rings. The third kappa shape index (κ3) is 3.56. The fourth-order valence-electron chi connectivity index (χ4n) is 2.41. The molecule has 0 spiro atoms. The zero-order valence-corrected chi connectivity index (χ0v) is 12.4. The Labute approximate surface area is 124 Å². The van der Waals surface area contributed by atoms with Gasteiger partial charge in [-0.05, 0) is 52.9 Å². The molecule has 1 fully saturated rings. The second-order valence-electron chi connectivity index (χ2n) is 5.18. The number of carbonyl (C=O) groups is 2. The third-order valence-electron chi connectivity index (χ3n) is 3.55. The van der Waals surface area contributed by atoms with E-state index < -0.39 is 11.5 Å². The first-order valence-corrected chi connectivity index (χ1v) is 7.16. The van der Waals surface area contributed by atoms with Gasteiger partial charge < -0.3 is 10.4 Å². The Morgan fingerprint density at radius 2 is 2.10 bits per heavy atom. The van der Waals surface area contributed by atoms with Crippen LogP contribution in [0.5, 0.6) is 0 Å². The number of halogens is 2. The van der Waals surface area contributed by atoms with Crippen molar-refractivity contribution in [2.45, 2.75) is 37.6 Å². The van der Waals surface area contributed by atoms with Gasteiger partial charge in [0.1, 0.15) is 5.82 Å². The van der Waals surface area contributed by atoms with Gasteiger partial charge in [0, 0.05) is 0 Å². The molecule has 1 aromatic carbocycles. The minimum absolute atomic E-state index is 0.0497. The van der Waals surface area contributed by atoms with Crippen molar-refractivity contribution in [2.24, 2.45) is 0 Å². The monoisotopic (exact) mass is 343 g/mol. The maximum atomic E-state index is 13.1. The van der Waals surface area contributed by atoms with E-state index in [9.17, 15) is 14.0 Å². The van der Waals surface area contributed by atoms with Crippen molar-refractivity contribution in [2.75, 3.05) is 0 Å². The molecule has 20 heavy (non-hydrogen) atoms. The molecule has 0 atom stereocenters. The summed E-state index contributed by atoms with van der Waals surface area (Å²) in [6, 6.07) is 4.40. The minimum Gasteiger partial charge on any atom is -0.481 e. The van der Waals surface area contributed by atoms with E-state index in [0.717, 1.165) is 6.42 Å². The summed E-state index contributed by atoms with van der Waals surface area (Å²) in [4.78, 5) is 22.8. The second kappa shape index (κ2) is 5.91. The van der Waals surface area contributed by atoms with Crippen LogP contribution < -0.4 is 5.32 Å². The van der Waals surface area contributed by atoms with Gasteiger partial charge in [0.05, 0.1) is 22.9 Å². The highest BCUT2D eigenvalue weighted by molar-refractivity contribution is 9.10. The van der Waals surface area contributed by atoms with Gasteiger partial charge in [-0.2, -0.15) is 0 Å². The number of carboxylic acids is 1. The van der Waals surface area contributed by atoms with Crippen LogP contribution in [-0.2, 0) is 16.0 Å². The Morgan fingerprint density at radius 1 is 1.40 bits per heavy atom. The maximum Gasteiger partial charge on any atom is 0.305 e. The number of rotatable bonds is 5. The average molecular weight is 344 g/mol. The van der Waals surface area contributed by atoms with Gasteiger partial charge in [-0.1, -0.05) is 6.07 Å². The van der Waals surface area contributed by atoms with Crippen molar-refractivity contribution in [3.8, 4) is 0 Å². The lowest BCUT2D eigenvalue weighted by Gasteiger charge is -2.41. The molecule has 0 heterocycles. The van der Waals surface area contributed by atoms with E-state index in [0.29, 0.717) is 22.9 Å². The Kier molecular flexibility index (Phi) is 4.42. The van der Waals surface area contributed by atoms with Gasteiger partial charge in [0.15, 0.2) is 0 Å². The first-order valence-electron chi connectivity index (χ1n) is 6.37. The predicted molar refractivity (Wildman–Crippen MR) is 74.8 cm³/mol. The summed E-state index contributed by atoms with van der Waals surface area (Å²) in [6.45, 7) is 0. The van der Waals surface area contributed by atoms with E-state index in [1.165, 1.54) is 6.07 Å². The molecule has 0 aromatic heterocycles. The summed E-state index contributed by atoms with van der Waals surface area (Å²) in [7, 11) is 0. The molecule has 0 bridgehead atoms. The highest BCUT2D eigenvalue weighted by Gasteiger charge is 2.40. The van der Waals surface area contributed by atoms with E-state index in [4.69, 9.17) is 5.11 Å². The molecule has 0 saturated heterocycles. The fraction of sp³-hybridized carbons (Fsp3) is 0.429. The first kappa shape index (κ1) is 15.0. The summed E-state index contributed by atoms with van der Waals surface area (Å²) < 4.78 is 13.4. The molecular formula is C14H15BrFNO3. The fourth-order valence-corrected chi connectivity index (χ4v) is 2.84. The van der Waals surface area contributed by atoms with Crippen LogP contribution in [0.2, 0.25) is 0 Å². The molecule has 108 valence electrons. The van der Waals surface area contributed by atoms with Crippen LogP contribution in [0.1, 0.15) is 31.2 Å². The van der Waals surface area contributed by atoms with Gasteiger partial charge in [-0.15, -0.1) is 0 Å². The molecule has 1 amide bonds. The highest BCUT2D eigenvalue weighted by atomic mass is 79.9. The van der Waals surface area contributed by atoms with E-state index >= 15 is 0 Å². The largest absolute Gasteiger partial charge is 0.481 e.